The normalized spacial score (nSPS) is 36.5. The smallest absolute Gasteiger partial charge is 0.305 e. The topological polar surface area (TPSA) is 44.8 Å². The molecule has 2 aliphatic heterocycles. The Labute approximate surface area is 83.5 Å². The van der Waals surface area contributed by atoms with Crippen LogP contribution in [-0.2, 0) is 19.0 Å². The maximum atomic E-state index is 11.2. The lowest BCUT2D eigenvalue weighted by molar-refractivity contribution is -0.171. The van der Waals surface area contributed by atoms with E-state index in [0.29, 0.717) is 24.9 Å². The summed E-state index contributed by atoms with van der Waals surface area (Å²) in [7, 11) is 1.43. The summed E-state index contributed by atoms with van der Waals surface area (Å²) in [5, 5.41) is 0. The SMILES string of the molecule is COC(=O)C[C@H]1CCO[C@@H]2OCC[C@H]12. The lowest BCUT2D eigenvalue weighted by atomic mass is 9.84. The van der Waals surface area contributed by atoms with Crippen LogP contribution >= 0.6 is 0 Å². The van der Waals surface area contributed by atoms with Gasteiger partial charge >= 0.3 is 5.97 Å². The number of fused-ring (bicyclic) bond motifs is 1. The molecule has 0 aromatic carbocycles. The Hall–Kier alpha value is -0.610. The summed E-state index contributed by atoms with van der Waals surface area (Å²) in [6, 6.07) is 0. The molecule has 0 spiro atoms. The van der Waals surface area contributed by atoms with Gasteiger partial charge in [0.15, 0.2) is 6.29 Å². The molecule has 2 aliphatic rings. The molecule has 0 radical (unpaired) electrons. The van der Waals surface area contributed by atoms with E-state index in [-0.39, 0.29) is 12.3 Å². The second-order valence-electron chi connectivity index (χ2n) is 3.89. The number of ether oxygens (including phenoxy) is 3. The number of carbonyl (C=O) groups excluding carboxylic acids is 1. The summed E-state index contributed by atoms with van der Waals surface area (Å²) in [5.74, 6) is 0.647. The Bertz CT molecular complexity index is 216. The Morgan fingerprint density at radius 1 is 1.36 bits per heavy atom. The first-order chi connectivity index (χ1) is 6.81. The molecule has 4 heteroatoms. The minimum Gasteiger partial charge on any atom is -0.469 e. The van der Waals surface area contributed by atoms with E-state index in [0.717, 1.165) is 19.4 Å². The molecule has 0 amide bonds. The molecule has 0 bridgehead atoms. The molecule has 2 heterocycles. The largest absolute Gasteiger partial charge is 0.469 e. The third kappa shape index (κ3) is 1.91. The van der Waals surface area contributed by atoms with Gasteiger partial charge in [-0.1, -0.05) is 0 Å². The second kappa shape index (κ2) is 4.28. The number of hydrogen-bond acceptors (Lipinski definition) is 4. The van der Waals surface area contributed by atoms with Gasteiger partial charge in [0.1, 0.15) is 0 Å². The standard InChI is InChI=1S/C10H16O4/c1-12-9(11)6-7-2-4-13-10-8(7)3-5-14-10/h7-8,10H,2-6H2,1H3/t7-,8-,10-/m1/s1. The van der Waals surface area contributed by atoms with Gasteiger partial charge in [0.2, 0.25) is 0 Å². The minimum atomic E-state index is -0.123. The summed E-state index contributed by atoms with van der Waals surface area (Å²) < 4.78 is 15.6. The fourth-order valence-corrected chi connectivity index (χ4v) is 2.31. The van der Waals surface area contributed by atoms with Crippen molar-refractivity contribution in [2.75, 3.05) is 20.3 Å². The maximum absolute atomic E-state index is 11.2. The Morgan fingerprint density at radius 3 is 2.79 bits per heavy atom. The van der Waals surface area contributed by atoms with Gasteiger partial charge in [-0.3, -0.25) is 4.79 Å². The number of rotatable bonds is 2. The van der Waals surface area contributed by atoms with Crippen molar-refractivity contribution in [3.63, 3.8) is 0 Å². The van der Waals surface area contributed by atoms with Crippen LogP contribution in [0, 0.1) is 11.8 Å². The zero-order valence-electron chi connectivity index (χ0n) is 8.40. The number of esters is 1. The summed E-state index contributed by atoms with van der Waals surface area (Å²) in [6.45, 7) is 1.45. The summed E-state index contributed by atoms with van der Waals surface area (Å²) in [4.78, 5) is 11.2. The average molecular weight is 200 g/mol. The van der Waals surface area contributed by atoms with E-state index in [1.54, 1.807) is 0 Å². The molecular formula is C10H16O4. The van der Waals surface area contributed by atoms with Gasteiger partial charge in [-0.2, -0.15) is 0 Å². The van der Waals surface area contributed by atoms with E-state index < -0.39 is 0 Å². The van der Waals surface area contributed by atoms with Gasteiger partial charge in [-0.15, -0.1) is 0 Å². The lowest BCUT2D eigenvalue weighted by Crippen LogP contribution is -2.34. The van der Waals surface area contributed by atoms with Crippen molar-refractivity contribution >= 4 is 5.97 Å². The van der Waals surface area contributed by atoms with Gasteiger partial charge in [-0.05, 0) is 18.8 Å². The number of methoxy groups -OCH3 is 1. The first kappa shape index (κ1) is 9.93. The van der Waals surface area contributed by atoms with E-state index in [9.17, 15) is 4.79 Å². The quantitative estimate of drug-likeness (QED) is 0.622. The first-order valence-electron chi connectivity index (χ1n) is 5.11. The monoisotopic (exact) mass is 200 g/mol. The van der Waals surface area contributed by atoms with E-state index in [2.05, 4.69) is 4.74 Å². The van der Waals surface area contributed by atoms with Crippen LogP contribution < -0.4 is 0 Å². The third-order valence-electron chi connectivity index (χ3n) is 3.12. The highest BCUT2D eigenvalue weighted by Crippen LogP contribution is 2.36. The lowest BCUT2D eigenvalue weighted by Gasteiger charge is -2.31. The molecule has 2 saturated heterocycles. The molecule has 0 saturated carbocycles. The number of hydrogen-bond donors (Lipinski definition) is 0. The zero-order valence-corrected chi connectivity index (χ0v) is 8.40. The fourth-order valence-electron chi connectivity index (χ4n) is 2.31. The average Bonchev–Trinajstić information content (AvgIpc) is 2.66. The second-order valence-corrected chi connectivity index (χ2v) is 3.89. The van der Waals surface area contributed by atoms with Crippen LogP contribution in [0.5, 0.6) is 0 Å². The molecule has 0 aliphatic carbocycles. The minimum absolute atomic E-state index is 0.0709. The van der Waals surface area contributed by atoms with Crippen molar-refractivity contribution in [1.29, 1.82) is 0 Å². The first-order valence-corrected chi connectivity index (χ1v) is 5.11. The Morgan fingerprint density at radius 2 is 2.07 bits per heavy atom. The molecule has 4 nitrogen and oxygen atoms in total. The van der Waals surface area contributed by atoms with Crippen molar-refractivity contribution < 1.29 is 19.0 Å². The van der Waals surface area contributed by atoms with Gasteiger partial charge in [0.25, 0.3) is 0 Å². The van der Waals surface area contributed by atoms with Crippen molar-refractivity contribution in [3.8, 4) is 0 Å². The van der Waals surface area contributed by atoms with Crippen molar-refractivity contribution in [1.82, 2.24) is 0 Å². The van der Waals surface area contributed by atoms with Crippen molar-refractivity contribution in [3.05, 3.63) is 0 Å². The summed E-state index contributed by atoms with van der Waals surface area (Å²) in [5.41, 5.74) is 0. The highest BCUT2D eigenvalue weighted by molar-refractivity contribution is 5.69. The molecule has 0 N–H and O–H groups in total. The van der Waals surface area contributed by atoms with E-state index >= 15 is 0 Å². The van der Waals surface area contributed by atoms with E-state index in [1.165, 1.54) is 7.11 Å². The molecule has 2 fully saturated rings. The van der Waals surface area contributed by atoms with Crippen LogP contribution in [0.25, 0.3) is 0 Å². The molecule has 0 unspecified atom stereocenters. The third-order valence-corrected chi connectivity index (χ3v) is 3.12. The van der Waals surface area contributed by atoms with Gasteiger partial charge in [0, 0.05) is 12.3 Å². The highest BCUT2D eigenvalue weighted by atomic mass is 16.7. The molecule has 2 rings (SSSR count). The van der Waals surface area contributed by atoms with Crippen LogP contribution in [-0.4, -0.2) is 32.6 Å². The van der Waals surface area contributed by atoms with Crippen molar-refractivity contribution in [2.24, 2.45) is 11.8 Å². The van der Waals surface area contributed by atoms with Gasteiger partial charge < -0.3 is 14.2 Å². The molecular weight excluding hydrogens is 184 g/mol. The van der Waals surface area contributed by atoms with Crippen LogP contribution in [0.1, 0.15) is 19.3 Å². The van der Waals surface area contributed by atoms with Crippen LogP contribution in [0.2, 0.25) is 0 Å². The molecule has 0 aromatic heterocycles. The molecule has 3 atom stereocenters. The molecule has 80 valence electrons. The fraction of sp³-hybridized carbons (Fsp3) is 0.900. The van der Waals surface area contributed by atoms with Crippen LogP contribution in [0.3, 0.4) is 0 Å². The zero-order chi connectivity index (χ0) is 9.97. The Kier molecular flexibility index (Phi) is 3.03. The number of carbonyl (C=O) groups is 1. The predicted molar refractivity (Wildman–Crippen MR) is 48.5 cm³/mol. The van der Waals surface area contributed by atoms with E-state index in [1.807, 2.05) is 0 Å². The van der Waals surface area contributed by atoms with Crippen molar-refractivity contribution in [2.45, 2.75) is 25.6 Å². The summed E-state index contributed by atoms with van der Waals surface area (Å²) in [6.07, 6.45) is 2.38. The van der Waals surface area contributed by atoms with Gasteiger partial charge in [0.05, 0.1) is 20.3 Å². The molecule has 0 aromatic rings. The predicted octanol–water partition coefficient (Wildman–Crippen LogP) is 0.949. The molecule has 14 heavy (non-hydrogen) atoms. The van der Waals surface area contributed by atoms with E-state index in [4.69, 9.17) is 9.47 Å². The van der Waals surface area contributed by atoms with Crippen LogP contribution in [0.4, 0.5) is 0 Å². The van der Waals surface area contributed by atoms with Crippen LogP contribution in [0.15, 0.2) is 0 Å². The highest BCUT2D eigenvalue weighted by Gasteiger charge is 2.39. The maximum Gasteiger partial charge on any atom is 0.305 e. The van der Waals surface area contributed by atoms with Gasteiger partial charge in [-0.25, -0.2) is 0 Å². The Balaban J connectivity index is 1.93. The summed E-state index contributed by atoms with van der Waals surface area (Å²) >= 11 is 0.